The Morgan fingerprint density at radius 2 is 1.87 bits per heavy atom. The molecule has 0 spiro atoms. The number of benzene rings is 1. The van der Waals surface area contributed by atoms with Gasteiger partial charge in [-0.2, -0.15) is 0 Å². The van der Waals surface area contributed by atoms with Crippen molar-refractivity contribution in [3.63, 3.8) is 0 Å². The van der Waals surface area contributed by atoms with E-state index < -0.39 is 4.92 Å². The largest absolute Gasteiger partial charge is 0.490 e. The van der Waals surface area contributed by atoms with Crippen molar-refractivity contribution in [2.24, 2.45) is 0 Å². The van der Waals surface area contributed by atoms with Gasteiger partial charge in [0.05, 0.1) is 4.92 Å². The number of aryl methyl sites for hydroxylation is 1. The summed E-state index contributed by atoms with van der Waals surface area (Å²) in [4.78, 5) is 17.1. The SMILES string of the molecule is Cc1cccc(N2CCC(Oc3ccc([N+](=O)[O-])cc3)CC2)n1. The lowest BCUT2D eigenvalue weighted by atomic mass is 10.1. The van der Waals surface area contributed by atoms with E-state index in [-0.39, 0.29) is 11.8 Å². The standard InChI is InChI=1S/C17H19N3O3/c1-13-3-2-4-17(18-13)19-11-9-16(10-12-19)23-15-7-5-14(6-8-15)20(21)22/h2-8,16H,9-12H2,1H3. The highest BCUT2D eigenvalue weighted by molar-refractivity contribution is 5.40. The van der Waals surface area contributed by atoms with Crippen molar-refractivity contribution in [1.29, 1.82) is 0 Å². The van der Waals surface area contributed by atoms with Gasteiger partial charge in [-0.25, -0.2) is 4.98 Å². The summed E-state index contributed by atoms with van der Waals surface area (Å²) in [6.07, 6.45) is 1.96. The van der Waals surface area contributed by atoms with Crippen LogP contribution in [0.5, 0.6) is 5.75 Å². The number of rotatable bonds is 4. The summed E-state index contributed by atoms with van der Waals surface area (Å²) >= 11 is 0. The summed E-state index contributed by atoms with van der Waals surface area (Å²) in [5.41, 5.74) is 1.10. The van der Waals surface area contributed by atoms with Gasteiger partial charge in [-0.3, -0.25) is 10.1 Å². The Hall–Kier alpha value is -2.63. The predicted octanol–water partition coefficient (Wildman–Crippen LogP) is 3.35. The van der Waals surface area contributed by atoms with E-state index in [0.717, 1.165) is 37.4 Å². The Kier molecular flexibility index (Phi) is 4.41. The molecule has 6 nitrogen and oxygen atoms in total. The quantitative estimate of drug-likeness (QED) is 0.639. The molecule has 0 radical (unpaired) electrons. The number of hydrogen-bond donors (Lipinski definition) is 0. The second-order valence-electron chi connectivity index (χ2n) is 5.69. The van der Waals surface area contributed by atoms with Gasteiger partial charge in [0.2, 0.25) is 0 Å². The van der Waals surface area contributed by atoms with Crippen LogP contribution in [0.2, 0.25) is 0 Å². The third kappa shape index (κ3) is 3.77. The molecule has 1 aliphatic heterocycles. The van der Waals surface area contributed by atoms with Crippen molar-refractivity contribution >= 4 is 11.5 Å². The first-order valence-corrected chi connectivity index (χ1v) is 7.71. The Morgan fingerprint density at radius 3 is 2.48 bits per heavy atom. The summed E-state index contributed by atoms with van der Waals surface area (Å²) in [7, 11) is 0. The number of nitrogens with zero attached hydrogens (tertiary/aromatic N) is 3. The third-order valence-corrected chi connectivity index (χ3v) is 3.99. The zero-order valence-electron chi connectivity index (χ0n) is 13.0. The molecule has 0 amide bonds. The minimum atomic E-state index is -0.406. The van der Waals surface area contributed by atoms with Gasteiger partial charge in [-0.15, -0.1) is 0 Å². The number of aromatic nitrogens is 1. The van der Waals surface area contributed by atoms with Crippen LogP contribution in [0.15, 0.2) is 42.5 Å². The molecule has 0 bridgehead atoms. The molecule has 1 fully saturated rings. The van der Waals surface area contributed by atoms with Crippen LogP contribution in [0.3, 0.4) is 0 Å². The molecule has 0 N–H and O–H groups in total. The zero-order valence-corrected chi connectivity index (χ0v) is 13.0. The zero-order chi connectivity index (χ0) is 16.2. The number of hydrogen-bond acceptors (Lipinski definition) is 5. The van der Waals surface area contributed by atoms with E-state index in [0.29, 0.717) is 5.75 Å². The minimum absolute atomic E-state index is 0.0812. The summed E-state index contributed by atoms with van der Waals surface area (Å²) in [5, 5.41) is 10.7. The molecule has 6 heteroatoms. The molecule has 0 saturated carbocycles. The predicted molar refractivity (Wildman–Crippen MR) is 87.9 cm³/mol. The van der Waals surface area contributed by atoms with Gasteiger partial charge >= 0.3 is 0 Å². The molecule has 2 aromatic rings. The van der Waals surface area contributed by atoms with Crippen LogP contribution < -0.4 is 9.64 Å². The smallest absolute Gasteiger partial charge is 0.269 e. The van der Waals surface area contributed by atoms with Gasteiger partial charge in [0, 0.05) is 43.8 Å². The average Bonchev–Trinajstić information content (AvgIpc) is 2.56. The molecule has 23 heavy (non-hydrogen) atoms. The average molecular weight is 313 g/mol. The monoisotopic (exact) mass is 313 g/mol. The Balaban J connectivity index is 1.55. The Labute approximate surface area is 134 Å². The fraction of sp³-hybridized carbons (Fsp3) is 0.353. The van der Waals surface area contributed by atoms with E-state index in [1.807, 2.05) is 25.1 Å². The Bertz CT molecular complexity index is 680. The third-order valence-electron chi connectivity index (χ3n) is 3.99. The van der Waals surface area contributed by atoms with Crippen molar-refractivity contribution in [3.8, 4) is 5.75 Å². The molecular formula is C17H19N3O3. The molecule has 1 saturated heterocycles. The number of anilines is 1. The van der Waals surface area contributed by atoms with Gasteiger partial charge in [0.15, 0.2) is 0 Å². The van der Waals surface area contributed by atoms with Crippen molar-refractivity contribution in [2.75, 3.05) is 18.0 Å². The van der Waals surface area contributed by atoms with Crippen molar-refractivity contribution in [3.05, 3.63) is 58.3 Å². The maximum Gasteiger partial charge on any atom is 0.269 e. The van der Waals surface area contributed by atoms with Crippen LogP contribution in [0, 0.1) is 17.0 Å². The second kappa shape index (κ2) is 6.64. The first-order valence-electron chi connectivity index (χ1n) is 7.71. The topological polar surface area (TPSA) is 68.5 Å². The lowest BCUT2D eigenvalue weighted by Gasteiger charge is -2.33. The van der Waals surface area contributed by atoms with Gasteiger partial charge in [-0.05, 0) is 31.2 Å². The van der Waals surface area contributed by atoms with Crippen LogP contribution in [0.25, 0.3) is 0 Å². The molecule has 2 heterocycles. The number of ether oxygens (including phenoxy) is 1. The first-order chi connectivity index (χ1) is 11.1. The number of non-ortho nitro benzene ring substituents is 1. The molecule has 0 atom stereocenters. The maximum atomic E-state index is 10.7. The maximum absolute atomic E-state index is 10.7. The number of nitro benzene ring substituents is 1. The van der Waals surface area contributed by atoms with E-state index in [2.05, 4.69) is 9.88 Å². The summed E-state index contributed by atoms with van der Waals surface area (Å²) in [5.74, 6) is 1.70. The lowest BCUT2D eigenvalue weighted by molar-refractivity contribution is -0.384. The molecule has 3 rings (SSSR count). The summed E-state index contributed by atoms with van der Waals surface area (Å²) in [6, 6.07) is 12.3. The van der Waals surface area contributed by atoms with Crippen molar-refractivity contribution in [2.45, 2.75) is 25.9 Å². The normalized spacial score (nSPS) is 15.4. The van der Waals surface area contributed by atoms with Gasteiger partial charge in [0.25, 0.3) is 5.69 Å². The second-order valence-corrected chi connectivity index (χ2v) is 5.69. The van der Waals surface area contributed by atoms with Crippen molar-refractivity contribution in [1.82, 2.24) is 4.98 Å². The first kappa shape index (κ1) is 15.3. The van der Waals surface area contributed by atoms with Crippen molar-refractivity contribution < 1.29 is 9.66 Å². The minimum Gasteiger partial charge on any atom is -0.490 e. The molecular weight excluding hydrogens is 294 g/mol. The van der Waals surface area contributed by atoms with E-state index in [4.69, 9.17) is 4.74 Å². The summed E-state index contributed by atoms with van der Waals surface area (Å²) < 4.78 is 5.93. The van der Waals surface area contributed by atoms with E-state index in [9.17, 15) is 10.1 Å². The van der Waals surface area contributed by atoms with E-state index >= 15 is 0 Å². The molecule has 1 aliphatic rings. The number of nitro groups is 1. The van der Waals surface area contributed by atoms with Gasteiger partial charge in [-0.1, -0.05) is 6.07 Å². The molecule has 1 aromatic heterocycles. The highest BCUT2D eigenvalue weighted by Gasteiger charge is 2.21. The number of pyridine rings is 1. The van der Waals surface area contributed by atoms with Gasteiger partial charge in [0.1, 0.15) is 17.7 Å². The molecule has 0 aliphatic carbocycles. The van der Waals surface area contributed by atoms with Crippen LogP contribution in [-0.2, 0) is 0 Å². The van der Waals surface area contributed by atoms with E-state index in [1.54, 1.807) is 12.1 Å². The van der Waals surface area contributed by atoms with E-state index in [1.165, 1.54) is 12.1 Å². The Morgan fingerprint density at radius 1 is 1.17 bits per heavy atom. The van der Waals surface area contributed by atoms with Crippen LogP contribution in [0.4, 0.5) is 11.5 Å². The molecule has 120 valence electrons. The molecule has 1 aromatic carbocycles. The molecule has 0 unspecified atom stereocenters. The fourth-order valence-electron chi connectivity index (χ4n) is 2.75. The highest BCUT2D eigenvalue weighted by Crippen LogP contribution is 2.23. The highest BCUT2D eigenvalue weighted by atomic mass is 16.6. The number of piperidine rings is 1. The van der Waals surface area contributed by atoms with Crippen LogP contribution >= 0.6 is 0 Å². The van der Waals surface area contributed by atoms with Gasteiger partial charge < -0.3 is 9.64 Å². The summed E-state index contributed by atoms with van der Waals surface area (Å²) in [6.45, 7) is 3.79. The van der Waals surface area contributed by atoms with Crippen LogP contribution in [0.1, 0.15) is 18.5 Å². The van der Waals surface area contributed by atoms with Crippen LogP contribution in [-0.4, -0.2) is 29.1 Å². The fourth-order valence-corrected chi connectivity index (χ4v) is 2.75. The lowest BCUT2D eigenvalue weighted by Crippen LogP contribution is -2.38.